The average molecular weight is 208 g/mol. The Labute approximate surface area is 81.4 Å². The van der Waals surface area contributed by atoms with Gasteiger partial charge in [-0.15, -0.1) is 0 Å². The monoisotopic (exact) mass is 208 g/mol. The van der Waals surface area contributed by atoms with Crippen LogP contribution >= 0.6 is 0 Å². The largest absolute Gasteiger partial charge is 0.388 e. The lowest BCUT2D eigenvalue weighted by Gasteiger charge is -2.39. The molecule has 1 fully saturated rings. The topological polar surface area (TPSA) is 110 Å². The number of hydrogen-bond acceptors (Lipinski definition) is 6. The van der Waals surface area contributed by atoms with E-state index in [0.717, 1.165) is 0 Å². The van der Waals surface area contributed by atoms with Gasteiger partial charge < -0.3 is 30.3 Å². The average Bonchev–Trinajstić information content (AvgIpc) is 2.10. The molecule has 0 aromatic rings. The van der Waals surface area contributed by atoms with Gasteiger partial charge in [0.25, 0.3) is 0 Å². The van der Waals surface area contributed by atoms with Gasteiger partial charge in [-0.3, -0.25) is 0 Å². The van der Waals surface area contributed by atoms with Crippen molar-refractivity contribution in [2.24, 2.45) is 0 Å². The zero-order chi connectivity index (χ0) is 10.9. The Balaban J connectivity index is 2.60. The molecular weight excluding hydrogens is 192 g/mol. The van der Waals surface area contributed by atoms with E-state index in [9.17, 15) is 15.3 Å². The van der Waals surface area contributed by atoms with Crippen LogP contribution in [0.2, 0.25) is 0 Å². The fraction of sp³-hybridized carbons (Fsp3) is 1.00. The van der Waals surface area contributed by atoms with E-state index in [4.69, 9.17) is 14.9 Å². The molecule has 5 N–H and O–H groups in total. The van der Waals surface area contributed by atoms with Crippen LogP contribution in [0.15, 0.2) is 0 Å². The minimum atomic E-state index is -1.61. The second kappa shape index (κ2) is 4.52. The van der Waals surface area contributed by atoms with Crippen LogP contribution in [0, 0.1) is 0 Å². The zero-order valence-corrected chi connectivity index (χ0v) is 7.82. The molecule has 1 saturated heterocycles. The van der Waals surface area contributed by atoms with Gasteiger partial charge in [-0.2, -0.15) is 0 Å². The van der Waals surface area contributed by atoms with Crippen molar-refractivity contribution >= 4 is 0 Å². The normalized spacial score (nSPS) is 44.4. The summed E-state index contributed by atoms with van der Waals surface area (Å²) in [5, 5.41) is 45.4. The molecule has 1 heterocycles. The van der Waals surface area contributed by atoms with E-state index in [1.165, 1.54) is 6.92 Å². The third kappa shape index (κ3) is 2.41. The Kier molecular flexibility index (Phi) is 3.82. The van der Waals surface area contributed by atoms with Gasteiger partial charge in [-0.05, 0) is 6.92 Å². The van der Waals surface area contributed by atoms with Gasteiger partial charge in [0.2, 0.25) is 0 Å². The van der Waals surface area contributed by atoms with Crippen LogP contribution in [-0.2, 0) is 4.74 Å². The Morgan fingerprint density at radius 2 is 1.64 bits per heavy atom. The summed E-state index contributed by atoms with van der Waals surface area (Å²) in [6.07, 6.45) is -7.10. The molecule has 6 nitrogen and oxygen atoms in total. The first kappa shape index (κ1) is 11.8. The van der Waals surface area contributed by atoms with Crippen LogP contribution in [0.25, 0.3) is 0 Å². The molecule has 0 aromatic carbocycles. The van der Waals surface area contributed by atoms with E-state index >= 15 is 0 Å². The van der Waals surface area contributed by atoms with Gasteiger partial charge in [0.1, 0.15) is 18.3 Å². The van der Waals surface area contributed by atoms with E-state index < -0.39 is 36.8 Å². The molecule has 0 unspecified atom stereocenters. The molecule has 1 aliphatic rings. The molecule has 1 aliphatic heterocycles. The lowest BCUT2D eigenvalue weighted by Crippen LogP contribution is -2.57. The first-order valence-electron chi connectivity index (χ1n) is 4.49. The van der Waals surface area contributed by atoms with Gasteiger partial charge in [-0.25, -0.2) is 0 Å². The summed E-state index contributed by atoms with van der Waals surface area (Å²) >= 11 is 0. The highest BCUT2D eigenvalue weighted by atomic mass is 16.5. The molecule has 1 rings (SSSR count). The molecule has 5 atom stereocenters. The number of hydrogen-bond donors (Lipinski definition) is 5. The van der Waals surface area contributed by atoms with E-state index in [2.05, 4.69) is 0 Å². The summed E-state index contributed by atoms with van der Waals surface area (Å²) in [6.45, 7) is 1.54. The third-order valence-electron chi connectivity index (χ3n) is 2.39. The van der Waals surface area contributed by atoms with Crippen molar-refractivity contribution in [3.63, 3.8) is 0 Å². The molecule has 0 radical (unpaired) electrons. The maximum absolute atomic E-state index is 9.42. The highest BCUT2D eigenvalue weighted by Gasteiger charge is 2.41. The smallest absolute Gasteiger partial charge is 0.154 e. The summed E-state index contributed by atoms with van der Waals surface area (Å²) in [7, 11) is 0. The number of rotatable bonds is 2. The summed E-state index contributed by atoms with van der Waals surface area (Å²) in [5.74, 6) is 0. The molecule has 0 aromatic heterocycles. The Morgan fingerprint density at radius 3 is 2.14 bits per heavy atom. The van der Waals surface area contributed by atoms with Crippen molar-refractivity contribution in [1.82, 2.24) is 0 Å². The van der Waals surface area contributed by atoms with E-state index in [1.807, 2.05) is 0 Å². The van der Waals surface area contributed by atoms with Crippen molar-refractivity contribution in [3.8, 4) is 0 Å². The fourth-order valence-electron chi connectivity index (χ4n) is 1.54. The zero-order valence-electron chi connectivity index (χ0n) is 7.82. The molecule has 0 bridgehead atoms. The summed E-state index contributed by atoms with van der Waals surface area (Å²) in [6, 6.07) is 0. The summed E-state index contributed by atoms with van der Waals surface area (Å²) < 4.78 is 5.11. The Hall–Kier alpha value is -0.240. The van der Waals surface area contributed by atoms with E-state index in [0.29, 0.717) is 0 Å². The van der Waals surface area contributed by atoms with Gasteiger partial charge >= 0.3 is 0 Å². The lowest BCUT2D eigenvalue weighted by atomic mass is 9.94. The second-order valence-electron chi connectivity index (χ2n) is 3.57. The van der Waals surface area contributed by atoms with Gasteiger partial charge in [0, 0.05) is 6.42 Å². The number of ether oxygens (including phenoxy) is 1. The predicted octanol–water partition coefficient (Wildman–Crippen LogP) is -2.44. The highest BCUT2D eigenvalue weighted by Crippen LogP contribution is 2.23. The van der Waals surface area contributed by atoms with Gasteiger partial charge in [0.15, 0.2) is 6.29 Å². The predicted molar refractivity (Wildman–Crippen MR) is 45.2 cm³/mol. The minimum absolute atomic E-state index is 0.199. The quantitative estimate of drug-likeness (QED) is 0.322. The maximum Gasteiger partial charge on any atom is 0.154 e. The van der Waals surface area contributed by atoms with Crippen molar-refractivity contribution in [2.75, 3.05) is 0 Å². The van der Waals surface area contributed by atoms with E-state index in [-0.39, 0.29) is 6.42 Å². The van der Waals surface area contributed by atoms with Crippen LogP contribution < -0.4 is 0 Å². The van der Waals surface area contributed by atoms with Gasteiger partial charge in [-0.1, -0.05) is 0 Å². The van der Waals surface area contributed by atoms with Crippen LogP contribution in [0.5, 0.6) is 0 Å². The molecule has 6 heteroatoms. The maximum atomic E-state index is 9.42. The fourth-order valence-corrected chi connectivity index (χ4v) is 1.54. The summed E-state index contributed by atoms with van der Waals surface area (Å²) in [5.41, 5.74) is 0. The molecule has 0 amide bonds. The first-order valence-corrected chi connectivity index (χ1v) is 4.49. The van der Waals surface area contributed by atoms with Crippen LogP contribution in [0.1, 0.15) is 13.3 Å². The van der Waals surface area contributed by atoms with Crippen LogP contribution in [0.4, 0.5) is 0 Å². The number of aliphatic hydroxyl groups is 5. The SMILES string of the molecule is C[C@H]1O[C@@H](CC(O)O)[C@H](O)[C@@H](O)[C@H]1O. The van der Waals surface area contributed by atoms with Crippen LogP contribution in [-0.4, -0.2) is 62.3 Å². The standard InChI is InChI=1S/C8H16O6/c1-3-6(11)8(13)7(12)4(14-3)2-5(9)10/h3-13H,2H2,1H3/t3-,4+,6+,7+,8+/m1/s1. The Morgan fingerprint density at radius 1 is 1.07 bits per heavy atom. The first-order chi connectivity index (χ1) is 6.43. The molecule has 0 aliphatic carbocycles. The van der Waals surface area contributed by atoms with Crippen molar-refractivity contribution in [3.05, 3.63) is 0 Å². The van der Waals surface area contributed by atoms with Crippen molar-refractivity contribution in [1.29, 1.82) is 0 Å². The number of aliphatic hydroxyl groups excluding tert-OH is 4. The molecule has 0 saturated carbocycles. The molecule has 14 heavy (non-hydrogen) atoms. The highest BCUT2D eigenvalue weighted by molar-refractivity contribution is 4.90. The van der Waals surface area contributed by atoms with Gasteiger partial charge in [0.05, 0.1) is 12.2 Å². The second-order valence-corrected chi connectivity index (χ2v) is 3.57. The van der Waals surface area contributed by atoms with Crippen molar-refractivity contribution < 1.29 is 30.3 Å². The molecular formula is C8H16O6. The summed E-state index contributed by atoms with van der Waals surface area (Å²) in [4.78, 5) is 0. The lowest BCUT2D eigenvalue weighted by molar-refractivity contribution is -0.230. The molecule has 84 valence electrons. The minimum Gasteiger partial charge on any atom is -0.388 e. The van der Waals surface area contributed by atoms with Crippen molar-refractivity contribution in [2.45, 2.75) is 50.2 Å². The third-order valence-corrected chi connectivity index (χ3v) is 2.39. The van der Waals surface area contributed by atoms with Crippen LogP contribution in [0.3, 0.4) is 0 Å². The molecule has 0 spiro atoms. The Bertz CT molecular complexity index is 185. The van der Waals surface area contributed by atoms with E-state index in [1.54, 1.807) is 0 Å².